The van der Waals surface area contributed by atoms with E-state index >= 15 is 9.59 Å². The van der Waals surface area contributed by atoms with Gasteiger partial charge in [0, 0.05) is 112 Å². The van der Waals surface area contributed by atoms with Crippen molar-refractivity contribution in [2.45, 2.75) is 217 Å². The molecule has 5 heterocycles. The number of benzene rings is 3. The summed E-state index contributed by atoms with van der Waals surface area (Å²) in [5, 5.41) is 28.1. The number of likely N-dealkylation sites (N-methyl/N-ethyl adjacent to an activating group) is 4. The second-order valence-electron chi connectivity index (χ2n) is 32.3. The van der Waals surface area contributed by atoms with Crippen LogP contribution in [0, 0.1) is 5.92 Å². The number of primary amides is 2. The number of aromatic nitrogens is 4. The van der Waals surface area contributed by atoms with E-state index in [4.69, 9.17) is 11.5 Å². The number of nitrogens with zero attached hydrogens (tertiary/aromatic N) is 6. The molecule has 13 atom stereocenters. The van der Waals surface area contributed by atoms with Crippen molar-refractivity contribution in [1.29, 1.82) is 0 Å². The highest BCUT2D eigenvalue weighted by atomic mass is 32.2. The van der Waals surface area contributed by atoms with Crippen LogP contribution in [0.3, 0.4) is 0 Å². The van der Waals surface area contributed by atoms with Gasteiger partial charge in [0.05, 0.1) is 31.6 Å². The summed E-state index contributed by atoms with van der Waals surface area (Å²) in [5.74, 6) is -15.5. The molecule has 6 aromatic rings. The molecule has 2 saturated heterocycles. The number of aromatic amines is 3. The minimum atomic E-state index is -1.72. The normalized spacial score (nSPS) is 24.2. The number of thioether (sulfide) groups is 1. The molecule has 3 aromatic carbocycles. The van der Waals surface area contributed by atoms with E-state index < -0.39 is 204 Å². The fourth-order valence-corrected chi connectivity index (χ4v) is 15.9. The van der Waals surface area contributed by atoms with Gasteiger partial charge in [0.15, 0.2) is 0 Å². The van der Waals surface area contributed by atoms with Crippen LogP contribution in [-0.2, 0) is 107 Å². The average Bonchev–Trinajstić information content (AvgIpc) is 1.77. The summed E-state index contributed by atoms with van der Waals surface area (Å²) in [7, 11) is 5.38. The number of carbonyl (C=O) groups is 17. The molecule has 0 bridgehead atoms. The first kappa shape index (κ1) is 97.7. The first-order valence-electron chi connectivity index (χ1n) is 42.1. The summed E-state index contributed by atoms with van der Waals surface area (Å²) in [5.41, 5.74) is 14.6. The average molecular weight is 1750 g/mol. The van der Waals surface area contributed by atoms with Crippen molar-refractivity contribution in [2.75, 3.05) is 59.3 Å². The highest BCUT2D eigenvalue weighted by molar-refractivity contribution is 8.00. The Balaban J connectivity index is 1.14. The molecule has 17 amide bonds. The molecular weight excluding hydrogens is 1630 g/mol. The van der Waals surface area contributed by atoms with Crippen molar-refractivity contribution < 1.29 is 81.5 Å². The van der Waals surface area contributed by atoms with Crippen LogP contribution in [0.5, 0.6) is 0 Å². The lowest BCUT2D eigenvalue weighted by Gasteiger charge is -2.36. The van der Waals surface area contributed by atoms with Crippen LogP contribution in [0.25, 0.3) is 21.8 Å². The molecule has 39 heteroatoms. The quantitative estimate of drug-likeness (QED) is 0.0438. The third-order valence-corrected chi connectivity index (χ3v) is 23.2. The van der Waals surface area contributed by atoms with Crippen LogP contribution in [0.15, 0.2) is 104 Å². The van der Waals surface area contributed by atoms with Crippen molar-refractivity contribution >= 4 is 134 Å². The summed E-state index contributed by atoms with van der Waals surface area (Å²) < 4.78 is 0. The lowest BCUT2D eigenvalue weighted by molar-refractivity contribution is -0.149. The number of imidazole rings is 1. The highest BCUT2D eigenvalue weighted by Crippen LogP contribution is 2.26. The van der Waals surface area contributed by atoms with Gasteiger partial charge in [-0.1, -0.05) is 120 Å². The van der Waals surface area contributed by atoms with Crippen molar-refractivity contribution in [2.24, 2.45) is 17.4 Å². The number of unbranched alkanes of at least 4 members (excludes halogenated alkanes) is 2. The molecule has 2 fully saturated rings. The molecule has 0 spiro atoms. The summed E-state index contributed by atoms with van der Waals surface area (Å²) in [4.78, 5) is 264. The Morgan fingerprint density at radius 3 is 1.65 bits per heavy atom. The van der Waals surface area contributed by atoms with E-state index in [0.717, 1.165) is 26.5 Å². The Bertz CT molecular complexity index is 4830. The molecule has 2 aliphatic heterocycles. The number of hydrogen-bond donors (Lipinski definition) is 15. The number of nitrogens with one attached hydrogen (secondary N) is 13. The maximum absolute atomic E-state index is 15.5. The van der Waals surface area contributed by atoms with Crippen LogP contribution in [0.4, 0.5) is 0 Å². The SMILES string of the molecule is CCCC[C@H]1C(=O)N(C)[C@@H](CCCC)C(=O)N[C@@H](C)C(=O)N[C@H](C(=O)NCC(N)=O)CSCC(=O)N[C@@H](Cc2ccccc2)C(=O)N(C)[C@@H](C)C(=O)N[C@@H](CC(N)=O)C(=O)N2CCC[C@H]2C(=O)N[C@@H](Cc2cnc[nH]2)C(=O)N[C@@H](CC(C)C)C(=O)N(C)CC(=O)N[C@@H](Cc2c[nH]c3ccccc23)C(=O)N[C@H](C)C(=O)N[C@@H](Cc2c[nH]c3ccccc23)C(=O)N1C. The maximum Gasteiger partial charge on any atom is 0.246 e. The van der Waals surface area contributed by atoms with Crippen LogP contribution in [0.2, 0.25) is 0 Å². The molecule has 0 aliphatic carbocycles. The number of amides is 17. The molecule has 8 rings (SSSR count). The largest absolute Gasteiger partial charge is 0.370 e. The van der Waals surface area contributed by atoms with E-state index in [1.54, 1.807) is 80.8 Å². The van der Waals surface area contributed by atoms with Crippen molar-refractivity contribution in [3.63, 3.8) is 0 Å². The van der Waals surface area contributed by atoms with Crippen molar-refractivity contribution in [3.05, 3.63) is 126 Å². The fraction of sp³-hybridized carbons (Fsp3) is 0.512. The lowest BCUT2D eigenvalue weighted by Crippen LogP contribution is -2.60. The van der Waals surface area contributed by atoms with Crippen LogP contribution >= 0.6 is 11.8 Å². The Morgan fingerprint density at radius 2 is 1.05 bits per heavy atom. The molecule has 0 radical (unpaired) electrons. The Hall–Kier alpha value is -12.7. The Labute approximate surface area is 729 Å². The van der Waals surface area contributed by atoms with E-state index in [9.17, 15) is 71.9 Å². The third kappa shape index (κ3) is 27.6. The van der Waals surface area contributed by atoms with Crippen molar-refractivity contribution in [1.82, 2.24) is 97.6 Å². The highest BCUT2D eigenvalue weighted by Gasteiger charge is 2.44. The zero-order valence-electron chi connectivity index (χ0n) is 72.5. The summed E-state index contributed by atoms with van der Waals surface area (Å²) >= 11 is 0.827. The second kappa shape index (κ2) is 46.7. The van der Waals surface area contributed by atoms with Gasteiger partial charge in [0.25, 0.3) is 0 Å². The predicted molar refractivity (Wildman–Crippen MR) is 465 cm³/mol. The van der Waals surface area contributed by atoms with Gasteiger partial charge in [-0.25, -0.2) is 4.98 Å². The molecule has 3 aromatic heterocycles. The standard InChI is InChI=1S/C86H119N21O17S/c1-12-14-30-67-80(118)95-50(6)75(113)102-66(77(115)92-43-71(88)109)45-125-46-73(111)97-63(35-52-24-17-16-18-25-52)83(121)104(9)51(7)76(114)100-65(39-70(87)108)85(123)107-33-23-32-68(107)81(119)98-61(38-55-42-89-47-93-55)79(117)101-62(34-48(3)4)82(120)103(8)44-72(110)96-60(36-53-40-90-58-28-21-19-26-56(53)58)78(116)94-49(5)74(112)99-64(37-54-41-91-59-29-22-20-27-57(54)59)84(122)106(11)69(31-15-13-2)86(124)105(67)10/h16-22,24-29,40-42,47-51,60-69,90-91H,12-15,23,30-39,43-46H2,1-11H3,(H2,87,108)(H2,88,109)(H,89,93)(H,92,115)(H,94,116)(H,95,118)(H,96,110)(H,97,111)(H,98,119)(H,99,112)(H,100,114)(H,101,117)(H,102,113)/t49-,50+,51+,60+,61+,62+,63+,64+,65+,66+,67+,68+,69+/m1/s1. The third-order valence-electron chi connectivity index (χ3n) is 22.2. The molecular formula is C86H119N21O17S. The van der Waals surface area contributed by atoms with E-state index in [1.165, 1.54) is 71.3 Å². The van der Waals surface area contributed by atoms with Gasteiger partial charge in [-0.05, 0) is 87.6 Å². The molecule has 0 unspecified atom stereocenters. The first-order chi connectivity index (χ1) is 59.5. The van der Waals surface area contributed by atoms with Gasteiger partial charge >= 0.3 is 0 Å². The number of rotatable bonds is 21. The van der Waals surface area contributed by atoms with Gasteiger partial charge in [-0.15, -0.1) is 11.8 Å². The molecule has 125 heavy (non-hydrogen) atoms. The first-order valence-corrected chi connectivity index (χ1v) is 43.2. The minimum absolute atomic E-state index is 0.00588. The van der Waals surface area contributed by atoms with Gasteiger partial charge in [0.2, 0.25) is 100 Å². The molecule has 676 valence electrons. The molecule has 0 saturated carbocycles. The number of H-pyrrole nitrogens is 3. The monoisotopic (exact) mass is 1750 g/mol. The summed E-state index contributed by atoms with van der Waals surface area (Å²) in [6.45, 7) is 9.93. The molecule has 2 aliphatic rings. The zero-order chi connectivity index (χ0) is 91.5. The Kier molecular flexibility index (Phi) is 36.5. The Morgan fingerprint density at radius 1 is 0.520 bits per heavy atom. The van der Waals surface area contributed by atoms with Gasteiger partial charge in [-0.2, -0.15) is 0 Å². The number of carbonyl (C=O) groups excluding carboxylic acids is 17. The van der Waals surface area contributed by atoms with Gasteiger partial charge in [0.1, 0.15) is 78.5 Å². The second-order valence-corrected chi connectivity index (χ2v) is 33.4. The van der Waals surface area contributed by atoms with Gasteiger partial charge < -0.3 is 104 Å². The fourth-order valence-electron chi connectivity index (χ4n) is 15.1. The van der Waals surface area contributed by atoms with E-state index in [2.05, 4.69) is 73.1 Å². The number of fused-ring (bicyclic) bond motifs is 3. The minimum Gasteiger partial charge on any atom is -0.370 e. The summed E-state index contributed by atoms with van der Waals surface area (Å²) in [6.07, 6.45) is 6.98. The van der Waals surface area contributed by atoms with Gasteiger partial charge in [-0.3, -0.25) is 81.5 Å². The predicted octanol–water partition coefficient (Wildman–Crippen LogP) is -0.354. The molecule has 38 nitrogen and oxygen atoms in total. The van der Waals surface area contributed by atoms with Crippen molar-refractivity contribution in [3.8, 4) is 0 Å². The number of nitrogens with two attached hydrogens (primary N) is 2. The van der Waals surface area contributed by atoms with E-state index in [0.29, 0.717) is 69.9 Å². The number of hydrogen-bond acceptors (Lipinski definition) is 19. The topological polar surface area (TPSA) is 539 Å². The van der Waals surface area contributed by atoms with Crippen LogP contribution < -0.4 is 64.6 Å². The van der Waals surface area contributed by atoms with E-state index in [-0.39, 0.29) is 76.0 Å². The maximum atomic E-state index is 15.5. The van der Waals surface area contributed by atoms with Crippen LogP contribution in [-0.4, -0.2) is 283 Å². The zero-order valence-corrected chi connectivity index (χ0v) is 73.3. The van der Waals surface area contributed by atoms with Crippen LogP contribution in [0.1, 0.15) is 135 Å². The smallest absolute Gasteiger partial charge is 0.246 e. The summed E-state index contributed by atoms with van der Waals surface area (Å²) in [6, 6.07) is 4.49. The lowest BCUT2D eigenvalue weighted by atomic mass is 10.00. The number of para-hydroxylation sites is 2. The van der Waals surface area contributed by atoms with E-state index in [1.807, 2.05) is 38.1 Å². The molecule has 17 N–H and O–H groups in total.